The van der Waals surface area contributed by atoms with Crippen LogP contribution in [0.25, 0.3) is 16.9 Å². The second-order valence-electron chi connectivity index (χ2n) is 7.85. The Morgan fingerprint density at radius 3 is 2.67 bits per heavy atom. The number of pyridine rings is 1. The van der Waals surface area contributed by atoms with E-state index in [-0.39, 0.29) is 17.7 Å². The number of fused-ring (bicyclic) bond motifs is 1. The molecule has 0 radical (unpaired) electrons. The number of rotatable bonds is 4. The first-order valence-electron chi connectivity index (χ1n) is 10.5. The molecule has 0 spiro atoms. The predicted molar refractivity (Wildman–Crippen MR) is 113 cm³/mol. The predicted octanol–water partition coefficient (Wildman–Crippen LogP) is 2.18. The van der Waals surface area contributed by atoms with Crippen LogP contribution in [-0.4, -0.2) is 57.5 Å². The van der Waals surface area contributed by atoms with E-state index in [0.717, 1.165) is 56.7 Å². The minimum Gasteiger partial charge on any atom is -0.337 e. The number of anilines is 1. The van der Waals surface area contributed by atoms with E-state index >= 15 is 0 Å². The molecule has 8 nitrogen and oxygen atoms in total. The summed E-state index contributed by atoms with van der Waals surface area (Å²) in [6, 6.07) is 13.3. The van der Waals surface area contributed by atoms with Crippen molar-refractivity contribution in [1.82, 2.24) is 24.8 Å². The molecule has 2 aromatic heterocycles. The fourth-order valence-corrected chi connectivity index (χ4v) is 3.75. The van der Waals surface area contributed by atoms with Crippen molar-refractivity contribution in [1.29, 1.82) is 0 Å². The molecule has 1 aliphatic carbocycles. The van der Waals surface area contributed by atoms with Gasteiger partial charge in [0, 0.05) is 36.7 Å². The summed E-state index contributed by atoms with van der Waals surface area (Å²) >= 11 is 0. The SMILES string of the molecule is O=C(Nc1nc2cccc(-c3ccc(C(=O)N4CCCNCC4)cc3)n2n1)C1CC1. The maximum absolute atomic E-state index is 12.8. The lowest BCUT2D eigenvalue weighted by atomic mass is 10.1. The Labute approximate surface area is 174 Å². The highest BCUT2D eigenvalue weighted by Gasteiger charge is 2.30. The molecule has 1 aliphatic heterocycles. The van der Waals surface area contributed by atoms with E-state index in [1.54, 1.807) is 4.52 Å². The number of nitrogens with zero attached hydrogens (tertiary/aromatic N) is 4. The number of amides is 2. The van der Waals surface area contributed by atoms with Crippen LogP contribution in [0.2, 0.25) is 0 Å². The van der Waals surface area contributed by atoms with Gasteiger partial charge >= 0.3 is 0 Å². The molecular weight excluding hydrogens is 380 g/mol. The topological polar surface area (TPSA) is 91.6 Å². The van der Waals surface area contributed by atoms with Gasteiger partial charge in [0.25, 0.3) is 5.91 Å². The molecule has 0 unspecified atom stereocenters. The number of carbonyl (C=O) groups excluding carboxylic acids is 2. The first-order chi connectivity index (χ1) is 14.7. The second kappa shape index (κ2) is 7.87. The lowest BCUT2D eigenvalue weighted by molar-refractivity contribution is -0.117. The molecule has 5 rings (SSSR count). The third-order valence-electron chi connectivity index (χ3n) is 5.60. The average molecular weight is 404 g/mol. The van der Waals surface area contributed by atoms with Gasteiger partial charge in [0.2, 0.25) is 11.9 Å². The summed E-state index contributed by atoms with van der Waals surface area (Å²) in [5, 5.41) is 10.6. The molecule has 2 fully saturated rings. The van der Waals surface area contributed by atoms with Gasteiger partial charge in [-0.05, 0) is 50.1 Å². The average Bonchev–Trinajstić information content (AvgIpc) is 3.57. The highest BCUT2D eigenvalue weighted by molar-refractivity contribution is 5.95. The summed E-state index contributed by atoms with van der Waals surface area (Å²) in [4.78, 5) is 31.2. The van der Waals surface area contributed by atoms with E-state index in [1.165, 1.54) is 0 Å². The fourth-order valence-electron chi connectivity index (χ4n) is 3.75. The summed E-state index contributed by atoms with van der Waals surface area (Å²) in [7, 11) is 0. The van der Waals surface area contributed by atoms with Crippen molar-refractivity contribution < 1.29 is 9.59 Å². The summed E-state index contributed by atoms with van der Waals surface area (Å²) < 4.78 is 1.72. The van der Waals surface area contributed by atoms with E-state index < -0.39 is 0 Å². The highest BCUT2D eigenvalue weighted by Crippen LogP contribution is 2.30. The fraction of sp³-hybridized carbons (Fsp3) is 0.364. The van der Waals surface area contributed by atoms with Gasteiger partial charge in [0.15, 0.2) is 5.65 Å². The van der Waals surface area contributed by atoms with Gasteiger partial charge in [0.05, 0.1) is 5.69 Å². The van der Waals surface area contributed by atoms with Crippen LogP contribution in [0.1, 0.15) is 29.6 Å². The van der Waals surface area contributed by atoms with Crippen LogP contribution in [-0.2, 0) is 4.79 Å². The Morgan fingerprint density at radius 1 is 1.03 bits per heavy atom. The molecule has 30 heavy (non-hydrogen) atoms. The molecular formula is C22H24N6O2. The summed E-state index contributed by atoms with van der Waals surface area (Å²) in [6.45, 7) is 3.29. The highest BCUT2D eigenvalue weighted by atomic mass is 16.2. The normalized spacial score (nSPS) is 17.0. The Kier molecular flexibility index (Phi) is 4.92. The van der Waals surface area contributed by atoms with Crippen LogP contribution < -0.4 is 10.6 Å². The Balaban J connectivity index is 1.38. The monoisotopic (exact) mass is 404 g/mol. The zero-order valence-electron chi connectivity index (χ0n) is 16.7. The van der Waals surface area contributed by atoms with E-state index in [1.807, 2.05) is 47.4 Å². The van der Waals surface area contributed by atoms with Gasteiger partial charge in [-0.25, -0.2) is 4.52 Å². The number of hydrogen-bond acceptors (Lipinski definition) is 5. The van der Waals surface area contributed by atoms with E-state index in [4.69, 9.17) is 0 Å². The summed E-state index contributed by atoms with van der Waals surface area (Å²) in [6.07, 6.45) is 2.84. The maximum atomic E-state index is 12.8. The van der Waals surface area contributed by atoms with Crippen molar-refractivity contribution >= 4 is 23.4 Å². The first-order valence-corrected chi connectivity index (χ1v) is 10.5. The van der Waals surface area contributed by atoms with Crippen LogP contribution in [0.3, 0.4) is 0 Å². The molecule has 2 amide bonds. The van der Waals surface area contributed by atoms with E-state index in [0.29, 0.717) is 17.2 Å². The van der Waals surface area contributed by atoms with Crippen molar-refractivity contribution in [3.63, 3.8) is 0 Å². The van der Waals surface area contributed by atoms with Crippen molar-refractivity contribution in [3.8, 4) is 11.3 Å². The molecule has 3 aromatic rings. The van der Waals surface area contributed by atoms with Crippen LogP contribution in [0.15, 0.2) is 42.5 Å². The Bertz CT molecular complexity index is 1080. The largest absolute Gasteiger partial charge is 0.337 e. The van der Waals surface area contributed by atoms with Crippen LogP contribution in [0.5, 0.6) is 0 Å². The van der Waals surface area contributed by atoms with Crippen molar-refractivity contribution in [2.45, 2.75) is 19.3 Å². The number of nitrogens with one attached hydrogen (secondary N) is 2. The number of benzene rings is 1. The smallest absolute Gasteiger partial charge is 0.253 e. The molecule has 154 valence electrons. The first kappa shape index (κ1) is 18.7. The molecule has 8 heteroatoms. The second-order valence-corrected chi connectivity index (χ2v) is 7.85. The van der Waals surface area contributed by atoms with E-state index in [2.05, 4.69) is 20.7 Å². The Hall–Kier alpha value is -3.26. The quantitative estimate of drug-likeness (QED) is 0.696. The molecule has 1 aromatic carbocycles. The molecule has 1 saturated heterocycles. The number of carbonyl (C=O) groups is 2. The lowest BCUT2D eigenvalue weighted by Gasteiger charge is -2.20. The van der Waals surface area contributed by atoms with Gasteiger partial charge in [-0.1, -0.05) is 18.2 Å². The molecule has 1 saturated carbocycles. The summed E-state index contributed by atoms with van der Waals surface area (Å²) in [5.41, 5.74) is 3.13. The Morgan fingerprint density at radius 2 is 1.87 bits per heavy atom. The third-order valence-corrected chi connectivity index (χ3v) is 5.60. The molecule has 3 heterocycles. The lowest BCUT2D eigenvalue weighted by Crippen LogP contribution is -2.34. The third kappa shape index (κ3) is 3.78. The van der Waals surface area contributed by atoms with Gasteiger partial charge in [-0.15, -0.1) is 5.10 Å². The minimum absolute atomic E-state index is 0.0148. The van der Waals surface area contributed by atoms with Gasteiger partial charge in [-0.3, -0.25) is 14.9 Å². The molecule has 2 N–H and O–H groups in total. The summed E-state index contributed by atoms with van der Waals surface area (Å²) in [5.74, 6) is 0.468. The van der Waals surface area contributed by atoms with Crippen molar-refractivity contribution in [2.24, 2.45) is 5.92 Å². The minimum atomic E-state index is -0.0148. The van der Waals surface area contributed by atoms with Crippen LogP contribution in [0, 0.1) is 5.92 Å². The number of hydrogen-bond donors (Lipinski definition) is 2. The molecule has 0 bridgehead atoms. The van der Waals surface area contributed by atoms with Crippen molar-refractivity contribution in [2.75, 3.05) is 31.5 Å². The molecule has 2 aliphatic rings. The van der Waals surface area contributed by atoms with Gasteiger partial charge in [-0.2, -0.15) is 4.98 Å². The van der Waals surface area contributed by atoms with Gasteiger partial charge < -0.3 is 10.2 Å². The maximum Gasteiger partial charge on any atom is 0.253 e. The number of aromatic nitrogens is 3. The zero-order valence-corrected chi connectivity index (χ0v) is 16.7. The standard InChI is InChI=1S/C22H24N6O2/c29-20(16-7-8-16)25-22-24-19-4-1-3-18(28(19)26-22)15-5-9-17(10-6-15)21(30)27-13-2-11-23-12-14-27/h1,3-6,9-10,16,23H,2,7-8,11-14H2,(H,25,26,29). The van der Waals surface area contributed by atoms with Crippen LogP contribution >= 0.6 is 0 Å². The zero-order chi connectivity index (χ0) is 20.5. The molecule has 0 atom stereocenters. The van der Waals surface area contributed by atoms with E-state index in [9.17, 15) is 9.59 Å². The van der Waals surface area contributed by atoms with Gasteiger partial charge in [0.1, 0.15) is 0 Å². The van der Waals surface area contributed by atoms with Crippen molar-refractivity contribution in [3.05, 3.63) is 48.0 Å². The van der Waals surface area contributed by atoms with Crippen LogP contribution in [0.4, 0.5) is 5.95 Å².